The molecule has 1 aromatic heterocycles. The Morgan fingerprint density at radius 1 is 1.19 bits per heavy atom. The van der Waals surface area contributed by atoms with Gasteiger partial charge in [0, 0.05) is 25.6 Å². The Morgan fingerprint density at radius 2 is 1.94 bits per heavy atom. The highest BCUT2D eigenvalue weighted by Crippen LogP contribution is 2.27. The van der Waals surface area contributed by atoms with Crippen LogP contribution in [0.15, 0.2) is 53.6 Å². The molecule has 1 atom stereocenters. The average Bonchev–Trinajstić information content (AvgIpc) is 2.82. The average molecular weight is 436 g/mol. The highest BCUT2D eigenvalue weighted by Gasteiger charge is 2.34. The first-order chi connectivity index (χ1) is 15.4. The third-order valence-electron chi connectivity index (χ3n) is 6.86. The number of nitrogens with zero attached hydrogens (tertiary/aromatic N) is 3. The number of hydrogen-bond acceptors (Lipinski definition) is 4. The molecule has 1 amide bonds. The maximum absolute atomic E-state index is 12.8. The van der Waals surface area contributed by atoms with Gasteiger partial charge in [0.05, 0.1) is 24.2 Å². The van der Waals surface area contributed by atoms with Crippen molar-refractivity contribution in [2.75, 3.05) is 13.1 Å². The fraction of sp³-hybridized carbons (Fsp3) is 0.500. The second-order valence-corrected chi connectivity index (χ2v) is 9.34. The molecule has 1 saturated heterocycles. The zero-order chi connectivity index (χ0) is 22.6. The molecule has 2 aliphatic rings. The van der Waals surface area contributed by atoms with Gasteiger partial charge in [0.15, 0.2) is 0 Å². The van der Waals surface area contributed by atoms with E-state index in [1.165, 1.54) is 11.0 Å². The van der Waals surface area contributed by atoms with Crippen LogP contribution in [0.25, 0.3) is 5.57 Å². The van der Waals surface area contributed by atoms with Gasteiger partial charge in [-0.3, -0.25) is 14.2 Å². The number of aromatic nitrogens is 2. The molecule has 0 spiro atoms. The number of piperidine rings is 1. The minimum absolute atomic E-state index is 0.118. The van der Waals surface area contributed by atoms with Crippen molar-refractivity contribution in [1.82, 2.24) is 14.5 Å². The van der Waals surface area contributed by atoms with Crippen LogP contribution in [0.1, 0.15) is 69.0 Å². The van der Waals surface area contributed by atoms with Crippen LogP contribution < -0.4 is 5.56 Å². The largest absolute Gasteiger partial charge is 0.388 e. The number of rotatable bonds is 6. The number of carbonyl (C=O) groups excluding carboxylic acids is 1. The summed E-state index contributed by atoms with van der Waals surface area (Å²) in [6, 6.07) is 11.7. The molecular weight excluding hydrogens is 402 g/mol. The molecule has 1 fully saturated rings. The Morgan fingerprint density at radius 3 is 2.59 bits per heavy atom. The molecule has 1 N–H and O–H groups in total. The molecule has 2 aromatic rings. The number of aliphatic hydroxyl groups is 1. The van der Waals surface area contributed by atoms with E-state index in [-0.39, 0.29) is 23.9 Å². The Bertz CT molecular complexity index is 1020. The first-order valence-electron chi connectivity index (χ1n) is 11.7. The first-order valence-corrected chi connectivity index (χ1v) is 11.7. The molecule has 0 saturated carbocycles. The maximum atomic E-state index is 12.8. The van der Waals surface area contributed by atoms with Gasteiger partial charge in [0.2, 0.25) is 5.91 Å². The van der Waals surface area contributed by atoms with Crippen molar-refractivity contribution >= 4 is 11.5 Å². The summed E-state index contributed by atoms with van der Waals surface area (Å²) in [6.07, 6.45) is 9.44. The van der Waals surface area contributed by atoms with Crippen LogP contribution in [0, 0.1) is 0 Å². The second-order valence-electron chi connectivity index (χ2n) is 9.34. The van der Waals surface area contributed by atoms with Gasteiger partial charge >= 0.3 is 0 Å². The first kappa shape index (κ1) is 22.5. The fourth-order valence-corrected chi connectivity index (χ4v) is 4.73. The SMILES string of the molecule is CC(CC(=O)N1CCC(O)(Cn2cnc(C3=CCCCC3)cc2=O)CC1)c1ccccc1. The Kier molecular flexibility index (Phi) is 6.89. The van der Waals surface area contributed by atoms with Crippen LogP contribution in [-0.4, -0.2) is 44.2 Å². The minimum Gasteiger partial charge on any atom is -0.388 e. The number of amides is 1. The second kappa shape index (κ2) is 9.82. The van der Waals surface area contributed by atoms with Crippen LogP contribution in [0.3, 0.4) is 0 Å². The monoisotopic (exact) mass is 435 g/mol. The molecule has 2 heterocycles. The van der Waals surface area contributed by atoms with E-state index in [1.807, 2.05) is 23.1 Å². The van der Waals surface area contributed by atoms with E-state index in [9.17, 15) is 14.7 Å². The van der Waals surface area contributed by atoms with Crippen LogP contribution in [0.5, 0.6) is 0 Å². The maximum Gasteiger partial charge on any atom is 0.253 e. The summed E-state index contributed by atoms with van der Waals surface area (Å²) in [5.74, 6) is 0.277. The highest BCUT2D eigenvalue weighted by atomic mass is 16.3. The van der Waals surface area contributed by atoms with E-state index in [4.69, 9.17) is 0 Å². The molecule has 0 bridgehead atoms. The summed E-state index contributed by atoms with van der Waals surface area (Å²) < 4.78 is 1.50. The van der Waals surface area contributed by atoms with E-state index in [0.717, 1.165) is 36.1 Å². The number of allylic oxidation sites excluding steroid dienone is 2. The van der Waals surface area contributed by atoms with E-state index in [0.29, 0.717) is 32.4 Å². The van der Waals surface area contributed by atoms with Gasteiger partial charge in [0.25, 0.3) is 5.56 Å². The summed E-state index contributed by atoms with van der Waals surface area (Å²) in [6.45, 7) is 3.29. The number of carbonyl (C=O) groups is 1. The third-order valence-corrected chi connectivity index (χ3v) is 6.86. The molecule has 0 radical (unpaired) electrons. The third kappa shape index (κ3) is 5.36. The van der Waals surface area contributed by atoms with Crippen LogP contribution in [0.2, 0.25) is 0 Å². The number of hydrogen-bond donors (Lipinski definition) is 1. The molecule has 1 aromatic carbocycles. The zero-order valence-electron chi connectivity index (χ0n) is 18.9. The highest BCUT2D eigenvalue weighted by molar-refractivity contribution is 5.77. The zero-order valence-corrected chi connectivity index (χ0v) is 18.9. The van der Waals surface area contributed by atoms with Crippen molar-refractivity contribution in [3.05, 3.63) is 70.4 Å². The van der Waals surface area contributed by atoms with Gasteiger partial charge < -0.3 is 10.0 Å². The summed E-state index contributed by atoms with van der Waals surface area (Å²) in [7, 11) is 0. The lowest BCUT2D eigenvalue weighted by Crippen LogP contribution is -2.49. The van der Waals surface area contributed by atoms with E-state index < -0.39 is 5.60 Å². The predicted molar refractivity (Wildman–Crippen MR) is 125 cm³/mol. The number of benzene rings is 1. The topological polar surface area (TPSA) is 75.4 Å². The Balaban J connectivity index is 1.33. The number of likely N-dealkylation sites (tertiary alicyclic amines) is 1. The van der Waals surface area contributed by atoms with Gasteiger partial charge in [-0.15, -0.1) is 0 Å². The molecule has 1 aliphatic carbocycles. The molecule has 1 unspecified atom stereocenters. The van der Waals surface area contributed by atoms with Crippen LogP contribution in [0.4, 0.5) is 0 Å². The molecule has 6 heteroatoms. The fourth-order valence-electron chi connectivity index (χ4n) is 4.73. The Hall–Kier alpha value is -2.73. The molecule has 6 nitrogen and oxygen atoms in total. The Labute approximate surface area is 189 Å². The van der Waals surface area contributed by atoms with Crippen molar-refractivity contribution < 1.29 is 9.90 Å². The molecule has 1 aliphatic heterocycles. The van der Waals surface area contributed by atoms with Crippen molar-refractivity contribution in [1.29, 1.82) is 0 Å². The standard InChI is InChI=1S/C26H33N3O3/c1-20(21-8-4-2-5-9-21)16-24(30)28-14-12-26(32,13-15-28)18-29-19-27-23(17-25(29)31)22-10-6-3-7-11-22/h2,4-5,8-10,17,19-20,32H,3,6-7,11-16,18H2,1H3. The van der Waals surface area contributed by atoms with Gasteiger partial charge in [-0.1, -0.05) is 43.3 Å². The van der Waals surface area contributed by atoms with Crippen molar-refractivity contribution in [3.63, 3.8) is 0 Å². The minimum atomic E-state index is -1.00. The molecule has 4 rings (SSSR count). The van der Waals surface area contributed by atoms with Crippen molar-refractivity contribution in [2.24, 2.45) is 0 Å². The van der Waals surface area contributed by atoms with E-state index in [1.54, 1.807) is 12.4 Å². The normalized spacial score (nSPS) is 19.3. The lowest BCUT2D eigenvalue weighted by atomic mass is 9.90. The van der Waals surface area contributed by atoms with E-state index >= 15 is 0 Å². The lowest BCUT2D eigenvalue weighted by molar-refractivity contribution is -0.136. The summed E-state index contributed by atoms with van der Waals surface area (Å²) in [4.78, 5) is 31.7. The van der Waals surface area contributed by atoms with Gasteiger partial charge in [-0.05, 0) is 55.6 Å². The van der Waals surface area contributed by atoms with Gasteiger partial charge in [-0.25, -0.2) is 4.98 Å². The van der Waals surface area contributed by atoms with Crippen LogP contribution in [-0.2, 0) is 11.3 Å². The molecule has 170 valence electrons. The summed E-state index contributed by atoms with van der Waals surface area (Å²) in [5.41, 5.74) is 1.93. The van der Waals surface area contributed by atoms with Gasteiger partial charge in [0.1, 0.15) is 0 Å². The summed E-state index contributed by atoms with van der Waals surface area (Å²) >= 11 is 0. The lowest BCUT2D eigenvalue weighted by Gasteiger charge is -2.38. The van der Waals surface area contributed by atoms with Crippen LogP contribution >= 0.6 is 0 Å². The summed E-state index contributed by atoms with van der Waals surface area (Å²) in [5, 5.41) is 11.1. The van der Waals surface area contributed by atoms with Gasteiger partial charge in [-0.2, -0.15) is 0 Å². The van der Waals surface area contributed by atoms with E-state index in [2.05, 4.69) is 30.1 Å². The molecular formula is C26H33N3O3. The smallest absolute Gasteiger partial charge is 0.253 e. The predicted octanol–water partition coefficient (Wildman–Crippen LogP) is 3.75. The van der Waals surface area contributed by atoms with Crippen molar-refractivity contribution in [3.8, 4) is 0 Å². The quantitative estimate of drug-likeness (QED) is 0.750. The van der Waals surface area contributed by atoms with Crippen molar-refractivity contribution in [2.45, 2.75) is 69.9 Å². The molecule has 32 heavy (non-hydrogen) atoms.